The molecule has 2 aromatic rings. The van der Waals surface area contributed by atoms with Gasteiger partial charge in [0.05, 0.1) is 35.0 Å². The lowest BCUT2D eigenvalue weighted by molar-refractivity contribution is -0.137. The lowest BCUT2D eigenvalue weighted by atomic mass is 9.96. The molecule has 0 unspecified atom stereocenters. The van der Waals surface area contributed by atoms with Crippen molar-refractivity contribution in [3.05, 3.63) is 63.7 Å². The Morgan fingerprint density at radius 1 is 1.19 bits per heavy atom. The monoisotopic (exact) mass is 488 g/mol. The zero-order chi connectivity index (χ0) is 23.7. The predicted octanol–water partition coefficient (Wildman–Crippen LogP) is 3.58. The van der Waals surface area contributed by atoms with Gasteiger partial charge < -0.3 is 5.32 Å². The fraction of sp³-hybridized carbons (Fsp3) is 0.333. The number of amides is 1. The number of benzene rings is 2. The molecule has 1 aliphatic heterocycles. The van der Waals surface area contributed by atoms with E-state index in [2.05, 4.69) is 5.32 Å². The molecule has 172 valence electrons. The molecule has 0 aliphatic carbocycles. The minimum absolute atomic E-state index is 0.00152. The second-order valence-corrected chi connectivity index (χ2v) is 10.3. The van der Waals surface area contributed by atoms with Crippen molar-refractivity contribution in [1.29, 1.82) is 0 Å². The van der Waals surface area contributed by atoms with Gasteiger partial charge in [-0.15, -0.1) is 0 Å². The number of halogens is 4. The molecule has 2 aromatic carbocycles. The molecular weight excluding hydrogens is 469 g/mol. The molecule has 3 rings (SSSR count). The summed E-state index contributed by atoms with van der Waals surface area (Å²) in [5, 5.41) is 2.15. The van der Waals surface area contributed by atoms with Gasteiger partial charge in [0.15, 0.2) is 5.78 Å². The van der Waals surface area contributed by atoms with E-state index < -0.39 is 32.5 Å². The first-order chi connectivity index (χ1) is 14.8. The van der Waals surface area contributed by atoms with Crippen LogP contribution in [0.2, 0.25) is 5.02 Å². The summed E-state index contributed by atoms with van der Waals surface area (Å²) in [5.74, 6) is -0.935. The topological polar surface area (TPSA) is 83.6 Å². The lowest BCUT2D eigenvalue weighted by Gasteiger charge is -2.28. The second-order valence-electron chi connectivity index (χ2n) is 7.64. The molecular formula is C21H20ClF3N2O4S. The van der Waals surface area contributed by atoms with E-state index in [1.165, 1.54) is 6.07 Å². The van der Waals surface area contributed by atoms with Crippen LogP contribution in [0.15, 0.2) is 36.4 Å². The van der Waals surface area contributed by atoms with Crippen LogP contribution in [0.25, 0.3) is 0 Å². The van der Waals surface area contributed by atoms with Crippen LogP contribution in [0.4, 0.5) is 18.9 Å². The Bertz CT molecular complexity index is 1170. The molecule has 0 atom stereocenters. The lowest BCUT2D eigenvalue weighted by Crippen LogP contribution is -2.38. The molecule has 0 fully saturated rings. The summed E-state index contributed by atoms with van der Waals surface area (Å²) in [6.45, 7) is 0.548. The highest BCUT2D eigenvalue weighted by Gasteiger charge is 2.33. The number of nitrogens with zero attached hydrogens (tertiary/aromatic N) is 1. The van der Waals surface area contributed by atoms with Crippen molar-refractivity contribution in [2.75, 3.05) is 30.4 Å². The number of fused-ring (bicyclic) bond motifs is 1. The molecule has 1 aliphatic rings. The summed E-state index contributed by atoms with van der Waals surface area (Å²) in [6, 6.07) is 8.15. The first-order valence-electron chi connectivity index (χ1n) is 9.54. The van der Waals surface area contributed by atoms with Gasteiger partial charge in [-0.05, 0) is 29.3 Å². The van der Waals surface area contributed by atoms with Gasteiger partial charge in [-0.3, -0.25) is 14.5 Å². The summed E-state index contributed by atoms with van der Waals surface area (Å²) < 4.78 is 61.9. The average Bonchev–Trinajstić information content (AvgIpc) is 2.66. The largest absolute Gasteiger partial charge is 0.417 e. The molecule has 0 saturated heterocycles. The molecule has 1 heterocycles. The number of rotatable bonds is 6. The average molecular weight is 489 g/mol. The van der Waals surface area contributed by atoms with Crippen LogP contribution in [0, 0.1) is 0 Å². The molecule has 11 heteroatoms. The summed E-state index contributed by atoms with van der Waals surface area (Å²) in [7, 11) is -3.18. The molecule has 1 amide bonds. The van der Waals surface area contributed by atoms with Crippen molar-refractivity contribution in [2.45, 2.75) is 19.1 Å². The fourth-order valence-electron chi connectivity index (χ4n) is 3.48. The van der Waals surface area contributed by atoms with Gasteiger partial charge in [0, 0.05) is 24.9 Å². The van der Waals surface area contributed by atoms with E-state index in [0.29, 0.717) is 17.7 Å². The van der Waals surface area contributed by atoms with Gasteiger partial charge in [0.1, 0.15) is 9.84 Å². The minimum Gasteiger partial charge on any atom is -0.325 e. The van der Waals surface area contributed by atoms with E-state index in [4.69, 9.17) is 11.6 Å². The Balaban J connectivity index is 1.75. The number of carbonyl (C=O) groups excluding carboxylic acids is 2. The summed E-state index contributed by atoms with van der Waals surface area (Å²) in [4.78, 5) is 26.9. The number of sulfone groups is 1. The van der Waals surface area contributed by atoms with Crippen molar-refractivity contribution in [1.82, 2.24) is 4.90 Å². The SMILES string of the molecule is CS(=O)(=O)CCN1CC(=O)c2c(cccc2NC(=O)Cc2ccc(Cl)c(C(F)(F)F)c2)C1. The number of carbonyl (C=O) groups is 2. The summed E-state index contributed by atoms with van der Waals surface area (Å²) in [5.41, 5.74) is 0.334. The third-order valence-corrected chi connectivity index (χ3v) is 6.20. The van der Waals surface area contributed by atoms with Gasteiger partial charge >= 0.3 is 6.18 Å². The Labute approximate surface area is 188 Å². The summed E-state index contributed by atoms with van der Waals surface area (Å²) in [6.07, 6.45) is -3.85. The third kappa shape index (κ3) is 6.08. The number of anilines is 1. The normalized spacial score (nSPS) is 14.8. The smallest absolute Gasteiger partial charge is 0.325 e. The van der Waals surface area contributed by atoms with Crippen molar-refractivity contribution >= 4 is 38.8 Å². The zero-order valence-corrected chi connectivity index (χ0v) is 18.6. The molecule has 6 nitrogen and oxygen atoms in total. The van der Waals surface area contributed by atoms with E-state index in [1.807, 2.05) is 0 Å². The maximum atomic E-state index is 13.0. The fourth-order valence-corrected chi connectivity index (χ4v) is 4.29. The van der Waals surface area contributed by atoms with Gasteiger partial charge in [-0.25, -0.2) is 8.42 Å². The molecule has 0 saturated carbocycles. The Kier molecular flexibility index (Phi) is 6.97. The molecule has 0 radical (unpaired) electrons. The van der Waals surface area contributed by atoms with E-state index >= 15 is 0 Å². The van der Waals surface area contributed by atoms with Gasteiger partial charge in [0.2, 0.25) is 5.91 Å². The Morgan fingerprint density at radius 2 is 1.91 bits per heavy atom. The van der Waals surface area contributed by atoms with Crippen LogP contribution in [0.1, 0.15) is 27.0 Å². The van der Waals surface area contributed by atoms with Crippen LogP contribution < -0.4 is 5.32 Å². The standard InChI is InChI=1S/C21H20ClF3N2O4S/c1-32(30,31)8-7-27-11-14-3-2-4-17(20(14)18(28)12-27)26-19(29)10-13-5-6-16(22)15(9-13)21(23,24)25/h2-6,9H,7-8,10-12H2,1H3,(H,26,29). The Morgan fingerprint density at radius 3 is 2.56 bits per heavy atom. The number of ketones is 1. The van der Waals surface area contributed by atoms with Crippen LogP contribution in [-0.2, 0) is 33.8 Å². The van der Waals surface area contributed by atoms with Crippen LogP contribution in [0.3, 0.4) is 0 Å². The van der Waals surface area contributed by atoms with Crippen LogP contribution in [-0.4, -0.2) is 50.1 Å². The molecule has 32 heavy (non-hydrogen) atoms. The van der Waals surface area contributed by atoms with Crippen LogP contribution in [0.5, 0.6) is 0 Å². The second kappa shape index (κ2) is 9.21. The van der Waals surface area contributed by atoms with Crippen molar-refractivity contribution in [2.24, 2.45) is 0 Å². The highest BCUT2D eigenvalue weighted by atomic mass is 35.5. The van der Waals surface area contributed by atoms with Gasteiger partial charge in [0.25, 0.3) is 0 Å². The first-order valence-corrected chi connectivity index (χ1v) is 12.0. The molecule has 1 N–H and O–H groups in total. The molecule has 0 aromatic heterocycles. The Hall–Kier alpha value is -2.43. The van der Waals surface area contributed by atoms with E-state index in [1.54, 1.807) is 23.1 Å². The number of nitrogens with one attached hydrogen (secondary N) is 1. The minimum atomic E-state index is -4.64. The van der Waals surface area contributed by atoms with E-state index in [-0.39, 0.29) is 42.3 Å². The maximum absolute atomic E-state index is 13.0. The van der Waals surface area contributed by atoms with Crippen LogP contribution >= 0.6 is 11.6 Å². The summed E-state index contributed by atoms with van der Waals surface area (Å²) >= 11 is 5.61. The first kappa shape index (κ1) is 24.2. The number of hydrogen-bond acceptors (Lipinski definition) is 5. The predicted molar refractivity (Wildman–Crippen MR) is 115 cm³/mol. The van der Waals surface area contributed by atoms with Gasteiger partial charge in [-0.2, -0.15) is 13.2 Å². The number of Topliss-reactive ketones (excluding diaryl/α,β-unsaturated/α-hetero) is 1. The quantitative estimate of drug-likeness (QED) is 0.672. The van der Waals surface area contributed by atoms with Gasteiger partial charge in [-0.1, -0.05) is 29.8 Å². The third-order valence-electron chi connectivity index (χ3n) is 4.94. The maximum Gasteiger partial charge on any atom is 0.417 e. The highest BCUT2D eigenvalue weighted by molar-refractivity contribution is 7.90. The number of alkyl halides is 3. The number of hydrogen-bond donors (Lipinski definition) is 1. The van der Waals surface area contributed by atoms with E-state index in [0.717, 1.165) is 18.4 Å². The van der Waals surface area contributed by atoms with Crippen molar-refractivity contribution in [3.8, 4) is 0 Å². The molecule has 0 spiro atoms. The molecule has 0 bridgehead atoms. The van der Waals surface area contributed by atoms with Crippen molar-refractivity contribution < 1.29 is 31.2 Å². The van der Waals surface area contributed by atoms with E-state index in [9.17, 15) is 31.2 Å². The van der Waals surface area contributed by atoms with Crippen molar-refractivity contribution in [3.63, 3.8) is 0 Å². The highest BCUT2D eigenvalue weighted by Crippen LogP contribution is 2.35. The zero-order valence-electron chi connectivity index (χ0n) is 17.0.